The molecule has 0 aliphatic carbocycles. The molecule has 1 heterocycles. The van der Waals surface area contributed by atoms with Gasteiger partial charge in [0, 0.05) is 16.3 Å². The van der Waals surface area contributed by atoms with E-state index in [1.54, 1.807) is 0 Å². The predicted octanol–water partition coefficient (Wildman–Crippen LogP) is 8.71. The molecule has 8 rings (SSSR count). The molecule has 7 aromatic carbocycles. The van der Waals surface area contributed by atoms with Crippen LogP contribution in [0.1, 0.15) is 0 Å². The van der Waals surface area contributed by atoms with E-state index >= 15 is 0 Å². The maximum atomic E-state index is 12.5. The second-order valence-corrected chi connectivity index (χ2v) is 14.0. The summed E-state index contributed by atoms with van der Waals surface area (Å²) in [4.78, 5) is 12.5. The largest absolute Gasteiger partial charge is 0.238 e. The van der Waals surface area contributed by atoms with Crippen LogP contribution in [0.4, 0.5) is 0 Å². The molecule has 0 fully saturated rings. The van der Waals surface area contributed by atoms with E-state index in [4.69, 9.17) is 5.10 Å². The molecule has 1 N–H and O–H groups in total. The maximum Gasteiger partial charge on any atom is 0.238 e. The highest BCUT2D eigenvalue weighted by Crippen LogP contribution is 2.51. The summed E-state index contributed by atoms with van der Waals surface area (Å²) in [5.74, 6) is 0. The van der Waals surface area contributed by atoms with Gasteiger partial charge in [0.1, 0.15) is 21.6 Å². The van der Waals surface area contributed by atoms with Crippen LogP contribution >= 0.6 is 7.49 Å². The van der Waals surface area contributed by atoms with Crippen molar-refractivity contribution < 1.29 is 4.89 Å². The monoisotopic (exact) mass is 597 g/mol. The molecule has 0 bridgehead atoms. The highest BCUT2D eigenvalue weighted by Gasteiger charge is 2.44. The number of fused-ring (bicyclic) bond motifs is 3. The van der Waals surface area contributed by atoms with Gasteiger partial charge in [0.25, 0.3) is 0 Å². The van der Waals surface area contributed by atoms with Crippen molar-refractivity contribution >= 4 is 45.1 Å². The van der Waals surface area contributed by atoms with Gasteiger partial charge in [-0.05, 0) is 71.1 Å². The van der Waals surface area contributed by atoms with Gasteiger partial charge in [-0.15, -0.1) is 0 Å². The van der Waals surface area contributed by atoms with Gasteiger partial charge in [-0.1, -0.05) is 121 Å². The first-order valence-electron chi connectivity index (χ1n) is 15.1. The van der Waals surface area contributed by atoms with Crippen molar-refractivity contribution in [3.63, 3.8) is 0 Å². The Morgan fingerprint density at radius 3 is 1.62 bits per heavy atom. The van der Waals surface area contributed by atoms with Crippen molar-refractivity contribution in [3.8, 4) is 28.1 Å². The summed E-state index contributed by atoms with van der Waals surface area (Å²) in [5.41, 5.74) is 6.29. The van der Waals surface area contributed by atoms with Gasteiger partial charge in [0.2, 0.25) is 7.49 Å². The van der Waals surface area contributed by atoms with Crippen LogP contribution < -0.4 is 15.9 Å². The molecule has 3 nitrogen and oxygen atoms in total. The quantitative estimate of drug-likeness (QED) is 0.195. The van der Waals surface area contributed by atoms with Crippen LogP contribution in [0, 0.1) is 0 Å². The smallest absolute Gasteiger partial charge is 0.235 e. The van der Waals surface area contributed by atoms with Crippen LogP contribution in [0.3, 0.4) is 0 Å². The average Bonchev–Trinajstić information content (AvgIpc) is 3.54. The van der Waals surface area contributed by atoms with Crippen molar-refractivity contribution in [3.05, 3.63) is 176 Å². The van der Waals surface area contributed by atoms with E-state index in [1.807, 2.05) is 72.8 Å². The molecule has 214 valence electrons. The van der Waals surface area contributed by atoms with Gasteiger partial charge in [-0.3, -0.25) is 0 Å². The van der Waals surface area contributed by atoms with Gasteiger partial charge in [-0.25, -0.2) is 9.58 Å². The van der Waals surface area contributed by atoms with Crippen molar-refractivity contribution in [1.29, 1.82) is 0 Å². The molecule has 45 heavy (non-hydrogen) atoms. The van der Waals surface area contributed by atoms with Crippen LogP contribution in [0.25, 0.3) is 49.7 Å². The number of benzene rings is 7. The van der Waals surface area contributed by atoms with E-state index in [-0.39, 0.29) is 0 Å². The standard InChI is InChI=1S/C41H30N2OP/c44-45(34-20-9-3-10-21-34,35-22-11-4-12-23-35)36-27-25-30(26-28-36)38-29-32-17-13-14-24-37(32)41-39(38)40(31-15-5-1-6-16-31)42-43(41)33-18-7-2-8-19-33/h1-29,44H/q+1. The van der Waals surface area contributed by atoms with Crippen LogP contribution in [-0.2, 0) is 0 Å². The Morgan fingerprint density at radius 2 is 1.00 bits per heavy atom. The fourth-order valence-corrected chi connectivity index (χ4v) is 9.04. The van der Waals surface area contributed by atoms with Gasteiger partial charge in [-0.2, -0.15) is 5.10 Å². The third-order valence-electron chi connectivity index (χ3n) is 8.53. The zero-order valence-electron chi connectivity index (χ0n) is 24.5. The summed E-state index contributed by atoms with van der Waals surface area (Å²) in [6, 6.07) is 60.3. The van der Waals surface area contributed by atoms with Crippen molar-refractivity contribution in [2.75, 3.05) is 0 Å². The topological polar surface area (TPSA) is 38.1 Å². The molecule has 0 saturated carbocycles. The average molecular weight is 598 g/mol. The van der Waals surface area contributed by atoms with Crippen LogP contribution in [-0.4, -0.2) is 14.7 Å². The third-order valence-corrected chi connectivity index (χ3v) is 11.7. The van der Waals surface area contributed by atoms with E-state index in [0.29, 0.717) is 0 Å². The Labute approximate surface area is 263 Å². The van der Waals surface area contributed by atoms with Crippen molar-refractivity contribution in [1.82, 2.24) is 9.78 Å². The van der Waals surface area contributed by atoms with Crippen molar-refractivity contribution in [2.24, 2.45) is 0 Å². The van der Waals surface area contributed by atoms with Gasteiger partial charge in [0.05, 0.1) is 11.2 Å². The minimum Gasteiger partial charge on any atom is -0.235 e. The molecule has 0 saturated heterocycles. The fraction of sp³-hybridized carbons (Fsp3) is 0. The Bertz CT molecular complexity index is 2210. The molecule has 4 heteroatoms. The lowest BCUT2D eigenvalue weighted by Gasteiger charge is -2.20. The van der Waals surface area contributed by atoms with Crippen LogP contribution in [0.5, 0.6) is 0 Å². The first kappa shape index (κ1) is 27.2. The lowest BCUT2D eigenvalue weighted by Crippen LogP contribution is -2.30. The first-order valence-corrected chi connectivity index (χ1v) is 16.9. The molecule has 1 aromatic heterocycles. The number of para-hydroxylation sites is 1. The summed E-state index contributed by atoms with van der Waals surface area (Å²) in [6.45, 7) is 0. The predicted molar refractivity (Wildman–Crippen MR) is 190 cm³/mol. The number of nitrogens with zero attached hydrogens (tertiary/aromatic N) is 2. The zero-order chi connectivity index (χ0) is 30.2. The lowest BCUT2D eigenvalue weighted by atomic mass is 9.94. The highest BCUT2D eigenvalue weighted by molar-refractivity contribution is 7.91. The SMILES string of the molecule is O[P+](c1ccccc1)(c1ccccc1)c1ccc(-c2cc3ccccc3c3c2c(-c2ccccc2)nn3-c2ccccc2)cc1. The highest BCUT2D eigenvalue weighted by atomic mass is 31.2. The number of hydrogen-bond acceptors (Lipinski definition) is 2. The molecule has 0 amide bonds. The van der Waals surface area contributed by atoms with Crippen LogP contribution in [0.15, 0.2) is 176 Å². The van der Waals surface area contributed by atoms with Crippen LogP contribution in [0.2, 0.25) is 0 Å². The minimum absolute atomic E-state index is 0.920. The Balaban J connectivity index is 1.39. The summed E-state index contributed by atoms with van der Waals surface area (Å²) < 4.78 is 2.09. The lowest BCUT2D eigenvalue weighted by molar-refractivity contribution is 0.633. The Kier molecular flexibility index (Phi) is 6.84. The summed E-state index contributed by atoms with van der Waals surface area (Å²) >= 11 is 0. The van der Waals surface area contributed by atoms with E-state index in [0.717, 1.165) is 65.7 Å². The maximum absolute atomic E-state index is 12.5. The summed E-state index contributed by atoms with van der Waals surface area (Å²) in [5, 5.41) is 11.5. The molecular formula is C41H30N2OP+. The minimum atomic E-state index is -2.83. The number of rotatable bonds is 6. The first-order chi connectivity index (χ1) is 22.2. The van der Waals surface area contributed by atoms with E-state index in [1.165, 1.54) is 0 Å². The van der Waals surface area contributed by atoms with E-state index < -0.39 is 7.49 Å². The normalized spacial score (nSPS) is 11.7. The molecule has 0 aliphatic rings. The van der Waals surface area contributed by atoms with Crippen molar-refractivity contribution in [2.45, 2.75) is 0 Å². The molecule has 0 atom stereocenters. The van der Waals surface area contributed by atoms with Gasteiger partial charge in [0.15, 0.2) is 0 Å². The number of aromatic nitrogens is 2. The molecule has 0 radical (unpaired) electrons. The number of hydrogen-bond donors (Lipinski definition) is 1. The van der Waals surface area contributed by atoms with Gasteiger partial charge >= 0.3 is 0 Å². The van der Waals surface area contributed by atoms with E-state index in [9.17, 15) is 4.89 Å². The molecule has 0 unspecified atom stereocenters. The second kappa shape index (κ2) is 11.3. The molecule has 0 aliphatic heterocycles. The zero-order valence-corrected chi connectivity index (χ0v) is 25.4. The Hall–Kier alpha value is -5.34. The summed E-state index contributed by atoms with van der Waals surface area (Å²) in [6.07, 6.45) is 0. The fourth-order valence-electron chi connectivity index (χ4n) is 6.36. The van der Waals surface area contributed by atoms with E-state index in [2.05, 4.69) is 108 Å². The summed E-state index contributed by atoms with van der Waals surface area (Å²) in [7, 11) is -2.83. The molecule has 8 aromatic rings. The molecule has 0 spiro atoms. The van der Waals surface area contributed by atoms with Gasteiger partial charge < -0.3 is 0 Å². The Morgan fingerprint density at radius 1 is 0.489 bits per heavy atom. The molecular weight excluding hydrogens is 567 g/mol. The second-order valence-electron chi connectivity index (χ2n) is 11.2. The third kappa shape index (κ3) is 4.65.